The van der Waals surface area contributed by atoms with Crippen LogP contribution in [0.15, 0.2) is 64.1 Å². The van der Waals surface area contributed by atoms with Gasteiger partial charge in [0.1, 0.15) is 11.5 Å². The molecule has 132 valence electrons. The van der Waals surface area contributed by atoms with E-state index in [1.165, 1.54) is 11.8 Å². The number of hydrogen-bond donors (Lipinski definition) is 1. The van der Waals surface area contributed by atoms with Crippen LogP contribution in [-0.2, 0) is 11.2 Å². The topological polar surface area (TPSA) is 54.6 Å². The zero-order valence-corrected chi connectivity index (χ0v) is 15.4. The maximum absolute atomic E-state index is 12.0. The largest absolute Gasteiger partial charge is 0.455 e. The van der Waals surface area contributed by atoms with Crippen molar-refractivity contribution in [2.24, 2.45) is 5.10 Å². The Labute approximate surface area is 157 Å². The second-order valence-corrected chi connectivity index (χ2v) is 6.55. The number of nitrogens with zero attached hydrogens (tertiary/aromatic N) is 1. The zero-order chi connectivity index (χ0) is 18.5. The monoisotopic (exact) mass is 366 g/mol. The van der Waals surface area contributed by atoms with E-state index in [4.69, 9.17) is 16.0 Å². The minimum absolute atomic E-state index is 0.171. The van der Waals surface area contributed by atoms with Gasteiger partial charge < -0.3 is 4.42 Å². The molecule has 0 aliphatic rings. The molecule has 2 aromatic carbocycles. The number of hydrogen-bond acceptors (Lipinski definition) is 3. The van der Waals surface area contributed by atoms with Crippen LogP contribution in [0.2, 0.25) is 5.02 Å². The molecular weight excluding hydrogens is 348 g/mol. The average Bonchev–Trinajstić information content (AvgIpc) is 3.06. The molecule has 3 aromatic rings. The van der Waals surface area contributed by atoms with Gasteiger partial charge in [0.15, 0.2) is 0 Å². The lowest BCUT2D eigenvalue weighted by Gasteiger charge is -2.05. The van der Waals surface area contributed by atoms with E-state index in [2.05, 4.69) is 16.6 Å². The van der Waals surface area contributed by atoms with E-state index < -0.39 is 0 Å². The van der Waals surface area contributed by atoms with Crippen LogP contribution in [-0.4, -0.2) is 12.1 Å². The molecule has 0 saturated carbocycles. The van der Waals surface area contributed by atoms with Gasteiger partial charge in [-0.15, -0.1) is 0 Å². The molecule has 1 aromatic heterocycles. The maximum atomic E-state index is 12.0. The molecule has 1 N–H and O–H groups in total. The Balaban J connectivity index is 1.59. The summed E-state index contributed by atoms with van der Waals surface area (Å²) in [7, 11) is 0. The SMILES string of the molecule is Cc1ccc(CC(=O)N/N=C\c2ccc(-c3cccc(Cl)c3)o2)c(C)c1. The zero-order valence-electron chi connectivity index (χ0n) is 14.6. The first kappa shape index (κ1) is 18.0. The van der Waals surface area contributed by atoms with Gasteiger partial charge in [-0.1, -0.05) is 47.5 Å². The van der Waals surface area contributed by atoms with E-state index in [1.807, 2.05) is 56.3 Å². The Kier molecular flexibility index (Phi) is 5.54. The number of amides is 1. The molecule has 0 bridgehead atoms. The number of furan rings is 1. The number of carbonyl (C=O) groups excluding carboxylic acids is 1. The molecule has 0 aliphatic heterocycles. The summed E-state index contributed by atoms with van der Waals surface area (Å²) < 4.78 is 5.70. The molecule has 0 spiro atoms. The smallest absolute Gasteiger partial charge is 0.244 e. The van der Waals surface area contributed by atoms with Crippen molar-refractivity contribution >= 4 is 23.7 Å². The summed E-state index contributed by atoms with van der Waals surface area (Å²) in [5, 5.41) is 4.61. The molecule has 0 aliphatic carbocycles. The fraction of sp³-hybridized carbons (Fsp3) is 0.143. The molecule has 26 heavy (non-hydrogen) atoms. The summed E-state index contributed by atoms with van der Waals surface area (Å²) in [6.45, 7) is 4.03. The lowest BCUT2D eigenvalue weighted by atomic mass is 10.0. The third kappa shape index (κ3) is 4.61. The summed E-state index contributed by atoms with van der Waals surface area (Å²) in [6.07, 6.45) is 1.77. The van der Waals surface area contributed by atoms with Crippen molar-refractivity contribution in [1.29, 1.82) is 0 Å². The third-order valence-electron chi connectivity index (χ3n) is 3.97. The second kappa shape index (κ2) is 8.02. The van der Waals surface area contributed by atoms with Crippen LogP contribution in [0.4, 0.5) is 0 Å². The van der Waals surface area contributed by atoms with Crippen molar-refractivity contribution in [2.45, 2.75) is 20.3 Å². The van der Waals surface area contributed by atoms with Gasteiger partial charge in [0.05, 0.1) is 12.6 Å². The predicted molar refractivity (Wildman–Crippen MR) is 105 cm³/mol. The Morgan fingerprint density at radius 1 is 1.15 bits per heavy atom. The number of hydrazone groups is 1. The van der Waals surface area contributed by atoms with Crippen LogP contribution in [0.3, 0.4) is 0 Å². The molecule has 0 saturated heterocycles. The van der Waals surface area contributed by atoms with E-state index in [0.717, 1.165) is 16.7 Å². The number of rotatable bonds is 5. The first-order chi connectivity index (χ1) is 12.5. The van der Waals surface area contributed by atoms with Crippen LogP contribution in [0.1, 0.15) is 22.5 Å². The van der Waals surface area contributed by atoms with Gasteiger partial charge in [0.2, 0.25) is 5.91 Å². The van der Waals surface area contributed by atoms with Crippen LogP contribution in [0, 0.1) is 13.8 Å². The maximum Gasteiger partial charge on any atom is 0.244 e. The lowest BCUT2D eigenvalue weighted by Crippen LogP contribution is -2.20. The summed E-state index contributed by atoms with van der Waals surface area (Å²) in [5.74, 6) is 1.07. The third-order valence-corrected chi connectivity index (χ3v) is 4.20. The second-order valence-electron chi connectivity index (χ2n) is 6.11. The summed E-state index contributed by atoms with van der Waals surface area (Å²) >= 11 is 5.99. The molecule has 1 amide bonds. The number of carbonyl (C=O) groups is 1. The molecule has 0 radical (unpaired) electrons. The van der Waals surface area contributed by atoms with E-state index in [-0.39, 0.29) is 12.3 Å². The summed E-state index contributed by atoms with van der Waals surface area (Å²) in [4.78, 5) is 12.0. The highest BCUT2D eigenvalue weighted by Crippen LogP contribution is 2.24. The van der Waals surface area contributed by atoms with Crippen LogP contribution in [0.25, 0.3) is 11.3 Å². The number of benzene rings is 2. The van der Waals surface area contributed by atoms with Gasteiger partial charge in [0.25, 0.3) is 0 Å². The minimum Gasteiger partial charge on any atom is -0.455 e. The van der Waals surface area contributed by atoms with Gasteiger partial charge >= 0.3 is 0 Å². The van der Waals surface area contributed by atoms with Crippen LogP contribution in [0.5, 0.6) is 0 Å². The van der Waals surface area contributed by atoms with Crippen molar-refractivity contribution in [1.82, 2.24) is 5.43 Å². The molecule has 0 unspecified atom stereocenters. The van der Waals surface area contributed by atoms with E-state index >= 15 is 0 Å². The van der Waals surface area contributed by atoms with Crippen molar-refractivity contribution in [3.8, 4) is 11.3 Å². The van der Waals surface area contributed by atoms with Crippen molar-refractivity contribution < 1.29 is 9.21 Å². The highest BCUT2D eigenvalue weighted by Gasteiger charge is 2.06. The number of nitrogens with one attached hydrogen (secondary N) is 1. The lowest BCUT2D eigenvalue weighted by molar-refractivity contribution is -0.120. The van der Waals surface area contributed by atoms with Gasteiger partial charge in [-0.05, 0) is 49.2 Å². The van der Waals surface area contributed by atoms with Gasteiger partial charge in [-0.3, -0.25) is 4.79 Å². The molecule has 5 heteroatoms. The first-order valence-corrected chi connectivity index (χ1v) is 8.63. The number of aryl methyl sites for hydroxylation is 2. The molecule has 4 nitrogen and oxygen atoms in total. The fourth-order valence-electron chi connectivity index (χ4n) is 2.64. The Hall–Kier alpha value is -2.85. The Morgan fingerprint density at radius 2 is 2.00 bits per heavy atom. The molecular formula is C21H19ClN2O2. The molecule has 1 heterocycles. The molecule has 3 rings (SSSR count). The Bertz CT molecular complexity index is 960. The normalized spacial score (nSPS) is 11.0. The van der Waals surface area contributed by atoms with Crippen LogP contribution < -0.4 is 5.43 Å². The first-order valence-electron chi connectivity index (χ1n) is 8.25. The standard InChI is InChI=1S/C21H19ClN2O2/c1-14-6-7-16(15(2)10-14)12-21(25)24-23-13-19-8-9-20(26-19)17-4-3-5-18(22)11-17/h3-11,13H,12H2,1-2H3,(H,24,25)/b23-13-. The van der Waals surface area contributed by atoms with E-state index in [0.29, 0.717) is 16.5 Å². The quantitative estimate of drug-likeness (QED) is 0.515. The molecule has 0 atom stereocenters. The van der Waals surface area contributed by atoms with Crippen molar-refractivity contribution in [3.05, 3.63) is 82.1 Å². The number of halogens is 1. The highest BCUT2D eigenvalue weighted by atomic mass is 35.5. The van der Waals surface area contributed by atoms with Crippen molar-refractivity contribution in [2.75, 3.05) is 0 Å². The van der Waals surface area contributed by atoms with Gasteiger partial charge in [-0.25, -0.2) is 5.43 Å². The van der Waals surface area contributed by atoms with Crippen molar-refractivity contribution in [3.63, 3.8) is 0 Å². The van der Waals surface area contributed by atoms with E-state index in [9.17, 15) is 4.79 Å². The highest BCUT2D eigenvalue weighted by molar-refractivity contribution is 6.30. The average molecular weight is 367 g/mol. The fourth-order valence-corrected chi connectivity index (χ4v) is 2.83. The predicted octanol–water partition coefficient (Wildman–Crippen LogP) is 4.91. The van der Waals surface area contributed by atoms with Gasteiger partial charge in [-0.2, -0.15) is 5.10 Å². The minimum atomic E-state index is -0.171. The Morgan fingerprint density at radius 3 is 2.77 bits per heavy atom. The molecule has 0 fully saturated rings. The van der Waals surface area contributed by atoms with Crippen LogP contribution >= 0.6 is 11.6 Å². The van der Waals surface area contributed by atoms with Gasteiger partial charge in [0, 0.05) is 10.6 Å². The summed E-state index contributed by atoms with van der Waals surface area (Å²) in [5.41, 5.74) is 6.68. The van der Waals surface area contributed by atoms with E-state index in [1.54, 1.807) is 6.07 Å². The summed E-state index contributed by atoms with van der Waals surface area (Å²) in [6, 6.07) is 17.1.